The molecule has 3 aromatic rings. The van der Waals surface area contributed by atoms with Crippen LogP contribution in [0.5, 0.6) is 0 Å². The van der Waals surface area contributed by atoms with Crippen LogP contribution >= 0.6 is 11.6 Å². The molecule has 0 saturated carbocycles. The molecule has 1 saturated heterocycles. The number of rotatable bonds is 6. The van der Waals surface area contributed by atoms with Crippen molar-refractivity contribution in [3.63, 3.8) is 0 Å². The van der Waals surface area contributed by atoms with Crippen molar-refractivity contribution >= 4 is 34.2 Å². The van der Waals surface area contributed by atoms with Gasteiger partial charge in [-0.25, -0.2) is 0 Å². The summed E-state index contributed by atoms with van der Waals surface area (Å²) in [5.41, 5.74) is 3.28. The van der Waals surface area contributed by atoms with Crippen LogP contribution in [0.1, 0.15) is 22.5 Å². The second-order valence-corrected chi connectivity index (χ2v) is 8.01. The molecule has 0 bridgehead atoms. The van der Waals surface area contributed by atoms with Gasteiger partial charge < -0.3 is 14.6 Å². The SMILES string of the molecule is Cc1cccc(N2CCN(CCCNC(=O)c3cc4cc(Cl)ccc4o3)CC2)c1. The van der Waals surface area contributed by atoms with E-state index >= 15 is 0 Å². The highest BCUT2D eigenvalue weighted by atomic mass is 35.5. The Kier molecular flexibility index (Phi) is 6.07. The standard InChI is InChI=1S/C23H26ClN3O2/c1-17-4-2-5-20(14-17)27-12-10-26(11-13-27)9-3-8-25-23(28)22-16-18-15-19(24)6-7-21(18)29-22/h2,4-7,14-16H,3,8-13H2,1H3,(H,25,28). The van der Waals surface area contributed by atoms with Crippen LogP contribution < -0.4 is 10.2 Å². The number of nitrogens with one attached hydrogen (secondary N) is 1. The summed E-state index contributed by atoms with van der Waals surface area (Å²) in [7, 11) is 0. The summed E-state index contributed by atoms with van der Waals surface area (Å²) in [6, 6.07) is 15.8. The molecule has 1 fully saturated rings. The average Bonchev–Trinajstić information content (AvgIpc) is 3.15. The summed E-state index contributed by atoms with van der Waals surface area (Å²) < 4.78 is 5.61. The minimum Gasteiger partial charge on any atom is -0.451 e. The van der Waals surface area contributed by atoms with Crippen LogP contribution in [0.25, 0.3) is 11.0 Å². The summed E-state index contributed by atoms with van der Waals surface area (Å²) in [5, 5.41) is 4.43. The molecule has 0 radical (unpaired) electrons. The smallest absolute Gasteiger partial charge is 0.287 e. The summed E-state index contributed by atoms with van der Waals surface area (Å²) in [6.45, 7) is 7.92. The Morgan fingerprint density at radius 1 is 1.10 bits per heavy atom. The molecule has 0 unspecified atom stereocenters. The number of nitrogens with zero attached hydrogens (tertiary/aromatic N) is 2. The topological polar surface area (TPSA) is 48.7 Å². The molecule has 1 aliphatic heterocycles. The Bertz CT molecular complexity index is 993. The number of carbonyl (C=O) groups is 1. The van der Waals surface area contributed by atoms with Gasteiger partial charge >= 0.3 is 0 Å². The molecule has 2 heterocycles. The zero-order valence-corrected chi connectivity index (χ0v) is 17.4. The highest BCUT2D eigenvalue weighted by Gasteiger charge is 2.17. The van der Waals surface area contributed by atoms with Crippen molar-refractivity contribution in [1.82, 2.24) is 10.2 Å². The predicted molar refractivity (Wildman–Crippen MR) is 118 cm³/mol. The Labute approximate surface area is 176 Å². The number of benzene rings is 2. The largest absolute Gasteiger partial charge is 0.451 e. The molecule has 1 amide bonds. The Balaban J connectivity index is 1.19. The fourth-order valence-corrected chi connectivity index (χ4v) is 3.95. The molecular weight excluding hydrogens is 386 g/mol. The van der Waals surface area contributed by atoms with Crippen LogP contribution in [0, 0.1) is 6.92 Å². The summed E-state index contributed by atoms with van der Waals surface area (Å²) in [4.78, 5) is 17.2. The number of amides is 1. The lowest BCUT2D eigenvalue weighted by atomic mass is 10.2. The third-order valence-electron chi connectivity index (χ3n) is 5.38. The number of halogens is 1. The molecular formula is C23H26ClN3O2. The number of aryl methyl sites for hydroxylation is 1. The molecule has 29 heavy (non-hydrogen) atoms. The van der Waals surface area contributed by atoms with Gasteiger partial charge in [-0.1, -0.05) is 23.7 Å². The van der Waals surface area contributed by atoms with Crippen molar-refractivity contribution in [2.45, 2.75) is 13.3 Å². The maximum Gasteiger partial charge on any atom is 0.287 e. The first-order valence-corrected chi connectivity index (χ1v) is 10.5. The van der Waals surface area contributed by atoms with E-state index in [1.807, 2.05) is 0 Å². The van der Waals surface area contributed by atoms with Gasteiger partial charge in [0.25, 0.3) is 5.91 Å². The van der Waals surface area contributed by atoms with E-state index in [0.717, 1.165) is 44.5 Å². The van der Waals surface area contributed by atoms with Crippen molar-refractivity contribution in [3.8, 4) is 0 Å². The highest BCUT2D eigenvalue weighted by molar-refractivity contribution is 6.31. The van der Waals surface area contributed by atoms with Gasteiger partial charge in [0.15, 0.2) is 5.76 Å². The molecule has 4 rings (SSSR count). The zero-order chi connectivity index (χ0) is 20.2. The number of furan rings is 1. The fraction of sp³-hybridized carbons (Fsp3) is 0.348. The van der Waals surface area contributed by atoms with E-state index in [9.17, 15) is 4.79 Å². The van der Waals surface area contributed by atoms with Gasteiger partial charge in [-0.2, -0.15) is 0 Å². The number of anilines is 1. The van der Waals surface area contributed by atoms with Gasteiger partial charge in [0.1, 0.15) is 5.58 Å². The van der Waals surface area contributed by atoms with Gasteiger partial charge in [-0.3, -0.25) is 9.69 Å². The number of fused-ring (bicyclic) bond motifs is 1. The number of hydrogen-bond donors (Lipinski definition) is 1. The van der Waals surface area contributed by atoms with Gasteiger partial charge in [0.2, 0.25) is 0 Å². The minimum atomic E-state index is -0.179. The van der Waals surface area contributed by atoms with E-state index in [-0.39, 0.29) is 5.91 Å². The van der Waals surface area contributed by atoms with E-state index in [0.29, 0.717) is 22.9 Å². The summed E-state index contributed by atoms with van der Waals surface area (Å²) >= 11 is 5.98. The molecule has 0 atom stereocenters. The third kappa shape index (κ3) is 4.92. The average molecular weight is 412 g/mol. The molecule has 1 aliphatic rings. The normalized spacial score (nSPS) is 15.0. The van der Waals surface area contributed by atoms with Crippen molar-refractivity contribution < 1.29 is 9.21 Å². The number of piperazine rings is 1. The number of carbonyl (C=O) groups excluding carboxylic acids is 1. The second-order valence-electron chi connectivity index (χ2n) is 7.57. The van der Waals surface area contributed by atoms with Gasteiger partial charge in [0, 0.05) is 48.8 Å². The van der Waals surface area contributed by atoms with Gasteiger partial charge in [-0.15, -0.1) is 0 Å². The van der Waals surface area contributed by atoms with E-state index in [1.54, 1.807) is 24.3 Å². The van der Waals surface area contributed by atoms with Crippen LogP contribution in [0.3, 0.4) is 0 Å². The lowest BCUT2D eigenvalue weighted by Crippen LogP contribution is -2.47. The fourth-order valence-electron chi connectivity index (χ4n) is 3.77. The molecule has 2 aromatic carbocycles. The van der Waals surface area contributed by atoms with Crippen LogP contribution in [0.4, 0.5) is 5.69 Å². The van der Waals surface area contributed by atoms with Gasteiger partial charge in [0.05, 0.1) is 0 Å². The van der Waals surface area contributed by atoms with Crippen molar-refractivity contribution in [3.05, 3.63) is 64.9 Å². The van der Waals surface area contributed by atoms with Crippen molar-refractivity contribution in [2.75, 3.05) is 44.2 Å². The summed E-state index contributed by atoms with van der Waals surface area (Å²) in [5.74, 6) is 0.149. The number of hydrogen-bond acceptors (Lipinski definition) is 4. The Morgan fingerprint density at radius 2 is 1.93 bits per heavy atom. The first-order valence-electron chi connectivity index (χ1n) is 10.1. The van der Waals surface area contributed by atoms with Crippen LogP contribution in [0.15, 0.2) is 52.9 Å². The molecule has 6 heteroatoms. The maximum absolute atomic E-state index is 12.3. The molecule has 152 valence electrons. The van der Waals surface area contributed by atoms with Crippen LogP contribution in [0.2, 0.25) is 5.02 Å². The lowest BCUT2D eigenvalue weighted by molar-refractivity contribution is 0.0926. The monoisotopic (exact) mass is 411 g/mol. The first kappa shape index (κ1) is 19.8. The summed E-state index contributed by atoms with van der Waals surface area (Å²) in [6.07, 6.45) is 0.919. The second kappa shape index (κ2) is 8.89. The minimum absolute atomic E-state index is 0.179. The lowest BCUT2D eigenvalue weighted by Gasteiger charge is -2.36. The first-order chi connectivity index (χ1) is 14.1. The maximum atomic E-state index is 12.3. The molecule has 0 aliphatic carbocycles. The quantitative estimate of drug-likeness (QED) is 0.613. The Hall–Kier alpha value is -2.50. The highest BCUT2D eigenvalue weighted by Crippen LogP contribution is 2.23. The Morgan fingerprint density at radius 3 is 2.72 bits per heavy atom. The molecule has 0 spiro atoms. The van der Waals surface area contributed by atoms with E-state index in [1.165, 1.54) is 11.3 Å². The van der Waals surface area contributed by atoms with Crippen molar-refractivity contribution in [1.29, 1.82) is 0 Å². The van der Waals surface area contributed by atoms with E-state index < -0.39 is 0 Å². The predicted octanol–water partition coefficient (Wildman–Crippen LogP) is 4.34. The third-order valence-corrected chi connectivity index (χ3v) is 5.61. The van der Waals surface area contributed by atoms with Crippen LogP contribution in [-0.4, -0.2) is 50.1 Å². The van der Waals surface area contributed by atoms with Crippen molar-refractivity contribution in [2.24, 2.45) is 0 Å². The van der Waals surface area contributed by atoms with Crippen LogP contribution in [-0.2, 0) is 0 Å². The zero-order valence-electron chi connectivity index (χ0n) is 16.7. The molecule has 1 aromatic heterocycles. The van der Waals surface area contributed by atoms with Gasteiger partial charge in [-0.05, 0) is 61.9 Å². The molecule has 1 N–H and O–H groups in total. The van der Waals surface area contributed by atoms with E-state index in [4.69, 9.17) is 16.0 Å². The molecule has 5 nitrogen and oxygen atoms in total. The van der Waals surface area contributed by atoms with E-state index in [2.05, 4.69) is 46.3 Å².